The van der Waals surface area contributed by atoms with E-state index in [1.807, 2.05) is 0 Å². The van der Waals surface area contributed by atoms with Crippen LogP contribution in [-0.4, -0.2) is 24.3 Å². The van der Waals surface area contributed by atoms with Crippen LogP contribution in [-0.2, 0) is 10.9 Å². The Hall–Kier alpha value is -3.75. The Balaban J connectivity index is 1.66. The van der Waals surface area contributed by atoms with E-state index < -0.39 is 23.5 Å². The van der Waals surface area contributed by atoms with E-state index in [0.29, 0.717) is 11.3 Å². The van der Waals surface area contributed by atoms with Crippen molar-refractivity contribution in [2.24, 2.45) is 4.99 Å². The zero-order valence-corrected chi connectivity index (χ0v) is 15.5. The average molecular weight is 418 g/mol. The smallest absolute Gasteiger partial charge is 0.416 e. The first kappa shape index (κ1) is 21.0. The Morgan fingerprint density at radius 1 is 1.07 bits per heavy atom. The fourth-order valence-corrected chi connectivity index (χ4v) is 2.36. The second kappa shape index (κ2) is 8.73. The Kier molecular flexibility index (Phi) is 6.10. The van der Waals surface area contributed by atoms with Crippen LogP contribution in [0.3, 0.4) is 0 Å². The maximum atomic E-state index is 14.1. The normalized spacial score (nSPS) is 11.5. The number of hydrogen-bond acceptors (Lipinski definition) is 5. The monoisotopic (exact) mass is 418 g/mol. The quantitative estimate of drug-likeness (QED) is 0.309. The molecule has 0 bridgehead atoms. The Morgan fingerprint density at radius 2 is 1.80 bits per heavy atom. The van der Waals surface area contributed by atoms with Crippen molar-refractivity contribution in [3.8, 4) is 11.6 Å². The van der Waals surface area contributed by atoms with Crippen molar-refractivity contribution in [1.82, 2.24) is 4.98 Å². The molecule has 0 radical (unpaired) electrons. The van der Waals surface area contributed by atoms with Crippen molar-refractivity contribution >= 4 is 17.9 Å². The summed E-state index contributed by atoms with van der Waals surface area (Å²) in [7, 11) is 1.19. The van der Waals surface area contributed by atoms with Gasteiger partial charge >= 0.3 is 12.1 Å². The molecule has 30 heavy (non-hydrogen) atoms. The molecule has 0 saturated heterocycles. The zero-order valence-electron chi connectivity index (χ0n) is 15.5. The number of halogens is 4. The fourth-order valence-electron chi connectivity index (χ4n) is 2.36. The van der Waals surface area contributed by atoms with Gasteiger partial charge in [0.25, 0.3) is 0 Å². The number of pyridine rings is 1. The molecule has 5 nitrogen and oxygen atoms in total. The first-order valence-electron chi connectivity index (χ1n) is 8.49. The van der Waals surface area contributed by atoms with Crippen LogP contribution in [0, 0.1) is 5.82 Å². The second-order valence-electron chi connectivity index (χ2n) is 5.97. The van der Waals surface area contributed by atoms with Gasteiger partial charge in [0.15, 0.2) is 11.6 Å². The van der Waals surface area contributed by atoms with E-state index in [0.717, 1.165) is 18.2 Å². The number of rotatable bonds is 5. The predicted molar refractivity (Wildman–Crippen MR) is 101 cm³/mol. The van der Waals surface area contributed by atoms with Crippen LogP contribution < -0.4 is 4.74 Å². The SMILES string of the molecule is COC(=O)c1ccc(Oc2ccc(/N=C/c3ccc(C(F)(F)F)cc3)cn2)c(F)c1. The minimum absolute atomic E-state index is 0.0447. The topological polar surface area (TPSA) is 60.8 Å². The van der Waals surface area contributed by atoms with Crippen LogP contribution in [0.15, 0.2) is 65.8 Å². The highest BCUT2D eigenvalue weighted by molar-refractivity contribution is 5.89. The first-order chi connectivity index (χ1) is 14.3. The number of carbonyl (C=O) groups excluding carboxylic acids is 1. The van der Waals surface area contributed by atoms with E-state index in [1.54, 1.807) is 6.07 Å². The van der Waals surface area contributed by atoms with Crippen molar-refractivity contribution in [3.63, 3.8) is 0 Å². The molecule has 3 aromatic rings. The van der Waals surface area contributed by atoms with Gasteiger partial charge in [-0.3, -0.25) is 4.99 Å². The van der Waals surface area contributed by atoms with Crippen molar-refractivity contribution in [3.05, 3.63) is 83.3 Å². The maximum absolute atomic E-state index is 14.1. The number of hydrogen-bond donors (Lipinski definition) is 0. The number of ether oxygens (including phenoxy) is 2. The minimum atomic E-state index is -4.39. The number of esters is 1. The van der Waals surface area contributed by atoms with Gasteiger partial charge in [-0.05, 0) is 42.0 Å². The van der Waals surface area contributed by atoms with Crippen LogP contribution in [0.1, 0.15) is 21.5 Å². The standard InChI is InChI=1S/C21H14F4N2O3/c1-29-20(28)14-4-8-18(17(22)10-14)30-19-9-7-16(12-27-19)26-11-13-2-5-15(6-3-13)21(23,24)25/h2-12H,1H3/b26-11+. The van der Waals surface area contributed by atoms with Gasteiger partial charge in [0, 0.05) is 12.3 Å². The van der Waals surface area contributed by atoms with Crippen molar-refractivity contribution in [2.45, 2.75) is 6.18 Å². The molecule has 9 heteroatoms. The van der Waals surface area contributed by atoms with E-state index in [2.05, 4.69) is 14.7 Å². The van der Waals surface area contributed by atoms with E-state index in [9.17, 15) is 22.4 Å². The molecule has 0 aliphatic heterocycles. The molecular formula is C21H14F4N2O3. The van der Waals surface area contributed by atoms with Gasteiger partial charge in [-0.1, -0.05) is 12.1 Å². The molecule has 154 valence electrons. The second-order valence-corrected chi connectivity index (χ2v) is 5.97. The Bertz CT molecular complexity index is 1060. The molecule has 1 aromatic heterocycles. The number of nitrogens with zero attached hydrogens (tertiary/aromatic N) is 2. The molecule has 0 N–H and O–H groups in total. The molecule has 0 saturated carbocycles. The highest BCUT2D eigenvalue weighted by Crippen LogP contribution is 2.29. The van der Waals surface area contributed by atoms with Crippen LogP contribution >= 0.6 is 0 Å². The van der Waals surface area contributed by atoms with E-state index in [4.69, 9.17) is 4.74 Å². The van der Waals surface area contributed by atoms with Crippen LogP contribution in [0.5, 0.6) is 11.6 Å². The number of aromatic nitrogens is 1. The van der Waals surface area contributed by atoms with Gasteiger partial charge in [-0.15, -0.1) is 0 Å². The van der Waals surface area contributed by atoms with Crippen LogP contribution in [0.2, 0.25) is 0 Å². The van der Waals surface area contributed by atoms with Gasteiger partial charge in [0.1, 0.15) is 0 Å². The number of alkyl halides is 3. The summed E-state index contributed by atoms with van der Waals surface area (Å²) >= 11 is 0. The molecule has 3 rings (SSSR count). The molecule has 0 aliphatic carbocycles. The minimum Gasteiger partial charge on any atom is -0.465 e. The summed E-state index contributed by atoms with van der Waals surface area (Å²) in [6.07, 6.45) is -1.64. The predicted octanol–water partition coefficient (Wildman–Crippen LogP) is 5.57. The lowest BCUT2D eigenvalue weighted by atomic mass is 10.1. The third-order valence-electron chi connectivity index (χ3n) is 3.89. The molecular weight excluding hydrogens is 404 g/mol. The number of methoxy groups -OCH3 is 1. The number of benzene rings is 2. The van der Waals surface area contributed by atoms with E-state index >= 15 is 0 Å². The van der Waals surface area contributed by atoms with Gasteiger partial charge < -0.3 is 9.47 Å². The molecule has 0 atom stereocenters. The molecule has 0 unspecified atom stereocenters. The van der Waals surface area contributed by atoms with Gasteiger partial charge in [-0.25, -0.2) is 14.2 Å². The van der Waals surface area contributed by atoms with Crippen LogP contribution in [0.25, 0.3) is 0 Å². The number of carbonyl (C=O) groups is 1. The van der Waals surface area contributed by atoms with Crippen molar-refractivity contribution in [2.75, 3.05) is 7.11 Å². The Morgan fingerprint density at radius 3 is 2.37 bits per heavy atom. The van der Waals surface area contributed by atoms with Gasteiger partial charge in [-0.2, -0.15) is 13.2 Å². The lowest BCUT2D eigenvalue weighted by Gasteiger charge is -2.07. The summed E-state index contributed by atoms with van der Waals surface area (Å²) in [6, 6.07) is 11.2. The zero-order chi connectivity index (χ0) is 21.7. The molecule has 0 fully saturated rings. The van der Waals surface area contributed by atoms with Gasteiger partial charge in [0.05, 0.1) is 30.1 Å². The fraction of sp³-hybridized carbons (Fsp3) is 0.0952. The highest BCUT2D eigenvalue weighted by Gasteiger charge is 2.29. The first-order valence-corrected chi connectivity index (χ1v) is 8.49. The van der Waals surface area contributed by atoms with Crippen LogP contribution in [0.4, 0.5) is 23.2 Å². The Labute approximate surface area is 168 Å². The maximum Gasteiger partial charge on any atom is 0.416 e. The van der Waals surface area contributed by atoms with E-state index in [1.165, 1.54) is 49.9 Å². The highest BCUT2D eigenvalue weighted by atomic mass is 19.4. The lowest BCUT2D eigenvalue weighted by Crippen LogP contribution is -2.04. The molecule has 0 aliphatic rings. The summed E-state index contributed by atoms with van der Waals surface area (Å²) in [5.74, 6) is -1.47. The van der Waals surface area contributed by atoms with Crippen molar-refractivity contribution in [1.29, 1.82) is 0 Å². The van der Waals surface area contributed by atoms with Crippen molar-refractivity contribution < 1.29 is 31.8 Å². The third-order valence-corrected chi connectivity index (χ3v) is 3.89. The summed E-state index contributed by atoms with van der Waals surface area (Å²) < 4.78 is 61.6. The summed E-state index contributed by atoms with van der Waals surface area (Å²) in [5, 5.41) is 0. The van der Waals surface area contributed by atoms with E-state index in [-0.39, 0.29) is 17.2 Å². The molecule has 2 aromatic carbocycles. The number of aliphatic imine (C=N–C) groups is 1. The summed E-state index contributed by atoms with van der Waals surface area (Å²) in [4.78, 5) is 19.5. The summed E-state index contributed by atoms with van der Waals surface area (Å²) in [5.41, 5.74) is 0.206. The largest absolute Gasteiger partial charge is 0.465 e. The third kappa shape index (κ3) is 5.19. The summed E-state index contributed by atoms with van der Waals surface area (Å²) in [6.45, 7) is 0. The molecule has 1 heterocycles. The average Bonchev–Trinajstić information content (AvgIpc) is 2.73. The van der Waals surface area contributed by atoms with Gasteiger partial charge in [0.2, 0.25) is 5.88 Å². The molecule has 0 spiro atoms. The lowest BCUT2D eigenvalue weighted by molar-refractivity contribution is -0.137. The molecule has 0 amide bonds.